The average Bonchev–Trinajstić information content (AvgIpc) is 2.73. The van der Waals surface area contributed by atoms with Crippen molar-refractivity contribution in [3.05, 3.63) is 35.6 Å². The largest absolute Gasteiger partial charge is 0.481 e. The van der Waals surface area contributed by atoms with Crippen molar-refractivity contribution in [1.82, 2.24) is 5.32 Å². The number of halogens is 1. The highest BCUT2D eigenvalue weighted by atomic mass is 19.1. The van der Waals surface area contributed by atoms with Crippen LogP contribution < -0.4 is 5.32 Å². The number of amides is 1. The molecule has 0 spiro atoms. The number of aliphatic carboxylic acids is 1. The van der Waals surface area contributed by atoms with Gasteiger partial charge in [0.25, 0.3) is 5.91 Å². The average molecular weight is 267 g/mol. The molecule has 1 fully saturated rings. The zero-order chi connectivity index (χ0) is 14.0. The van der Waals surface area contributed by atoms with E-state index < -0.39 is 29.2 Å². The maximum atomic E-state index is 12.8. The summed E-state index contributed by atoms with van der Waals surface area (Å²) in [4.78, 5) is 23.2. The van der Waals surface area contributed by atoms with E-state index in [0.717, 1.165) is 0 Å². The van der Waals surface area contributed by atoms with Gasteiger partial charge in [0.15, 0.2) is 0 Å². The maximum Gasteiger partial charge on any atom is 0.313 e. The van der Waals surface area contributed by atoms with Crippen LogP contribution in [-0.4, -0.2) is 36.2 Å². The summed E-state index contributed by atoms with van der Waals surface area (Å²) in [6.45, 7) is 1.73. The lowest BCUT2D eigenvalue weighted by Crippen LogP contribution is -2.49. The number of carbonyl (C=O) groups is 2. The monoisotopic (exact) mass is 267 g/mol. The Morgan fingerprint density at radius 3 is 2.63 bits per heavy atom. The Morgan fingerprint density at radius 1 is 1.42 bits per heavy atom. The third-order valence-corrected chi connectivity index (χ3v) is 3.36. The van der Waals surface area contributed by atoms with E-state index in [1.54, 1.807) is 0 Å². The number of rotatable bonds is 3. The lowest BCUT2D eigenvalue weighted by molar-refractivity contribution is -0.148. The Labute approximate surface area is 109 Å². The second-order valence-corrected chi connectivity index (χ2v) is 4.77. The molecule has 19 heavy (non-hydrogen) atoms. The van der Waals surface area contributed by atoms with Crippen LogP contribution in [0, 0.1) is 11.2 Å². The second-order valence-electron chi connectivity index (χ2n) is 4.77. The molecule has 2 atom stereocenters. The van der Waals surface area contributed by atoms with Crippen LogP contribution in [-0.2, 0) is 9.53 Å². The topological polar surface area (TPSA) is 75.6 Å². The van der Waals surface area contributed by atoms with Crippen LogP contribution >= 0.6 is 0 Å². The molecule has 1 saturated heterocycles. The van der Waals surface area contributed by atoms with Gasteiger partial charge in [-0.25, -0.2) is 4.39 Å². The molecule has 6 heteroatoms. The third-order valence-electron chi connectivity index (χ3n) is 3.36. The summed E-state index contributed by atoms with van der Waals surface area (Å²) in [5, 5.41) is 11.8. The summed E-state index contributed by atoms with van der Waals surface area (Å²) < 4.78 is 17.9. The van der Waals surface area contributed by atoms with E-state index in [4.69, 9.17) is 4.74 Å². The fourth-order valence-electron chi connectivity index (χ4n) is 1.93. The zero-order valence-electron chi connectivity index (χ0n) is 10.4. The van der Waals surface area contributed by atoms with Gasteiger partial charge in [0.2, 0.25) is 0 Å². The van der Waals surface area contributed by atoms with Gasteiger partial charge in [-0.05, 0) is 31.2 Å². The summed E-state index contributed by atoms with van der Waals surface area (Å²) >= 11 is 0. The first-order chi connectivity index (χ1) is 8.93. The fourth-order valence-corrected chi connectivity index (χ4v) is 1.93. The van der Waals surface area contributed by atoms with Crippen molar-refractivity contribution in [2.75, 3.05) is 13.2 Å². The minimum absolute atomic E-state index is 0.0523. The number of ether oxygens (including phenoxy) is 1. The molecule has 0 saturated carbocycles. The van der Waals surface area contributed by atoms with Crippen molar-refractivity contribution in [2.24, 2.45) is 5.41 Å². The van der Waals surface area contributed by atoms with Gasteiger partial charge in [-0.2, -0.15) is 0 Å². The number of hydrogen-bond donors (Lipinski definition) is 2. The predicted molar refractivity (Wildman–Crippen MR) is 64.2 cm³/mol. The highest BCUT2D eigenvalue weighted by Crippen LogP contribution is 2.28. The lowest BCUT2D eigenvalue weighted by atomic mass is 9.85. The Morgan fingerprint density at radius 2 is 2.05 bits per heavy atom. The number of carboxylic acids is 1. The summed E-state index contributed by atoms with van der Waals surface area (Å²) in [6, 6.07) is 4.44. The lowest BCUT2D eigenvalue weighted by Gasteiger charge is -2.25. The molecule has 1 aromatic carbocycles. The highest BCUT2D eigenvalue weighted by Gasteiger charge is 2.47. The van der Waals surface area contributed by atoms with E-state index in [2.05, 4.69) is 5.32 Å². The second kappa shape index (κ2) is 4.97. The van der Waals surface area contributed by atoms with Gasteiger partial charge < -0.3 is 15.2 Å². The van der Waals surface area contributed by atoms with Crippen molar-refractivity contribution in [3.63, 3.8) is 0 Å². The molecule has 1 aliphatic rings. The molecular weight excluding hydrogens is 253 g/mol. The highest BCUT2D eigenvalue weighted by molar-refractivity contribution is 5.94. The minimum Gasteiger partial charge on any atom is -0.481 e. The van der Waals surface area contributed by atoms with E-state index in [-0.39, 0.29) is 18.8 Å². The molecule has 0 radical (unpaired) electrons. The minimum atomic E-state index is -1.14. The molecule has 0 aromatic heterocycles. The van der Waals surface area contributed by atoms with E-state index in [1.165, 1.54) is 31.2 Å². The first kappa shape index (κ1) is 13.5. The molecule has 102 valence electrons. The molecule has 1 amide bonds. The van der Waals surface area contributed by atoms with Crippen molar-refractivity contribution < 1.29 is 23.8 Å². The smallest absolute Gasteiger partial charge is 0.313 e. The first-order valence-electron chi connectivity index (χ1n) is 5.81. The SMILES string of the molecule is CC1(C(=O)O)COCC1NC(=O)c1ccc(F)cc1. The summed E-state index contributed by atoms with van der Waals surface area (Å²) in [5.74, 6) is -1.89. The van der Waals surface area contributed by atoms with Crippen LogP contribution in [0.15, 0.2) is 24.3 Å². The van der Waals surface area contributed by atoms with Crippen LogP contribution in [0.25, 0.3) is 0 Å². The predicted octanol–water partition coefficient (Wildman–Crippen LogP) is 1.05. The summed E-state index contributed by atoms with van der Waals surface area (Å²) in [5.41, 5.74) is -0.864. The van der Waals surface area contributed by atoms with Gasteiger partial charge in [-0.3, -0.25) is 9.59 Å². The van der Waals surface area contributed by atoms with Gasteiger partial charge in [0.1, 0.15) is 11.2 Å². The van der Waals surface area contributed by atoms with Crippen LogP contribution in [0.5, 0.6) is 0 Å². The quantitative estimate of drug-likeness (QED) is 0.858. The fraction of sp³-hybridized carbons (Fsp3) is 0.385. The summed E-state index contributed by atoms with van der Waals surface area (Å²) in [7, 11) is 0. The van der Waals surface area contributed by atoms with Gasteiger partial charge in [-0.15, -0.1) is 0 Å². The van der Waals surface area contributed by atoms with Crippen LogP contribution in [0.1, 0.15) is 17.3 Å². The number of benzene rings is 1. The molecule has 2 rings (SSSR count). The van der Waals surface area contributed by atoms with Crippen molar-refractivity contribution in [1.29, 1.82) is 0 Å². The Kier molecular flexibility index (Phi) is 3.53. The number of hydrogen-bond acceptors (Lipinski definition) is 3. The summed E-state index contributed by atoms with van der Waals surface area (Å²) in [6.07, 6.45) is 0. The van der Waals surface area contributed by atoms with Crippen LogP contribution in [0.4, 0.5) is 4.39 Å². The molecule has 0 aliphatic carbocycles. The third kappa shape index (κ3) is 2.58. The van der Waals surface area contributed by atoms with Gasteiger partial charge >= 0.3 is 5.97 Å². The van der Waals surface area contributed by atoms with Crippen molar-refractivity contribution in [3.8, 4) is 0 Å². The van der Waals surface area contributed by atoms with Crippen molar-refractivity contribution >= 4 is 11.9 Å². The van der Waals surface area contributed by atoms with E-state index in [1.807, 2.05) is 0 Å². The molecular formula is C13H14FNO4. The van der Waals surface area contributed by atoms with Crippen molar-refractivity contribution in [2.45, 2.75) is 13.0 Å². The number of nitrogens with one attached hydrogen (secondary N) is 1. The normalized spacial score (nSPS) is 26.1. The maximum absolute atomic E-state index is 12.8. The first-order valence-corrected chi connectivity index (χ1v) is 5.81. The van der Waals surface area contributed by atoms with E-state index in [0.29, 0.717) is 0 Å². The molecule has 0 bridgehead atoms. The van der Waals surface area contributed by atoms with Gasteiger partial charge in [0.05, 0.1) is 19.3 Å². The molecule has 1 aromatic rings. The molecule has 2 unspecified atom stereocenters. The molecule has 5 nitrogen and oxygen atoms in total. The van der Waals surface area contributed by atoms with Crippen LogP contribution in [0.3, 0.4) is 0 Å². The zero-order valence-corrected chi connectivity index (χ0v) is 10.4. The van der Waals surface area contributed by atoms with Crippen LogP contribution in [0.2, 0.25) is 0 Å². The number of carboxylic acid groups (broad SMARTS) is 1. The standard InChI is InChI=1S/C13H14FNO4/c1-13(12(17)18)7-19-6-10(13)15-11(16)8-2-4-9(14)5-3-8/h2-5,10H,6-7H2,1H3,(H,15,16)(H,17,18). The van der Waals surface area contributed by atoms with E-state index >= 15 is 0 Å². The Bertz CT molecular complexity index is 502. The number of carbonyl (C=O) groups excluding carboxylic acids is 1. The van der Waals surface area contributed by atoms with E-state index in [9.17, 15) is 19.1 Å². The molecule has 1 heterocycles. The van der Waals surface area contributed by atoms with Gasteiger partial charge in [0, 0.05) is 5.56 Å². The molecule has 1 aliphatic heterocycles. The van der Waals surface area contributed by atoms with Gasteiger partial charge in [-0.1, -0.05) is 0 Å². The Hall–Kier alpha value is -1.95. The Balaban J connectivity index is 2.10. The molecule has 2 N–H and O–H groups in total.